The molecule has 0 saturated carbocycles. The van der Waals surface area contributed by atoms with Crippen molar-refractivity contribution < 1.29 is 9.59 Å². The maximum Gasteiger partial charge on any atom is 0.242 e. The third-order valence-electron chi connectivity index (χ3n) is 4.19. The Bertz CT molecular complexity index is 828. The van der Waals surface area contributed by atoms with Crippen LogP contribution >= 0.6 is 46.6 Å². The van der Waals surface area contributed by atoms with Crippen LogP contribution in [0.5, 0.6) is 0 Å². The van der Waals surface area contributed by atoms with Gasteiger partial charge in [-0.1, -0.05) is 53.0 Å². The van der Waals surface area contributed by atoms with Crippen LogP contribution in [0.4, 0.5) is 0 Å². The molecule has 150 valence electrons. The van der Waals surface area contributed by atoms with Gasteiger partial charge in [0.15, 0.2) is 0 Å². The van der Waals surface area contributed by atoms with Crippen LogP contribution in [0.15, 0.2) is 42.5 Å². The van der Waals surface area contributed by atoms with Gasteiger partial charge in [0.25, 0.3) is 0 Å². The topological polar surface area (TPSA) is 49.4 Å². The van der Waals surface area contributed by atoms with E-state index in [1.54, 1.807) is 49.2 Å². The van der Waals surface area contributed by atoms with Gasteiger partial charge in [0.2, 0.25) is 11.8 Å². The Morgan fingerprint density at radius 2 is 1.75 bits per heavy atom. The van der Waals surface area contributed by atoms with Crippen molar-refractivity contribution in [3.63, 3.8) is 0 Å². The molecule has 0 aromatic heterocycles. The first-order valence-electron chi connectivity index (χ1n) is 8.59. The van der Waals surface area contributed by atoms with Gasteiger partial charge >= 0.3 is 0 Å². The Kier molecular flexibility index (Phi) is 8.96. The second-order valence-electron chi connectivity index (χ2n) is 6.13. The van der Waals surface area contributed by atoms with Crippen LogP contribution in [0, 0.1) is 0 Å². The van der Waals surface area contributed by atoms with Crippen LogP contribution in [-0.2, 0) is 21.9 Å². The number of benzene rings is 2. The molecule has 8 heteroatoms. The molecule has 28 heavy (non-hydrogen) atoms. The first-order valence-corrected chi connectivity index (χ1v) is 10.9. The Morgan fingerprint density at radius 3 is 2.36 bits per heavy atom. The van der Waals surface area contributed by atoms with Crippen molar-refractivity contribution in [2.24, 2.45) is 0 Å². The normalized spacial score (nSPS) is 11.8. The average molecular weight is 460 g/mol. The number of nitrogens with one attached hydrogen (secondary N) is 1. The Balaban J connectivity index is 2.08. The highest BCUT2D eigenvalue weighted by Gasteiger charge is 2.25. The van der Waals surface area contributed by atoms with E-state index in [0.29, 0.717) is 27.4 Å². The molecular formula is C20H21Cl3N2O2S. The summed E-state index contributed by atoms with van der Waals surface area (Å²) in [5, 5.41) is 4.32. The molecule has 0 spiro atoms. The molecule has 2 amide bonds. The van der Waals surface area contributed by atoms with E-state index in [1.165, 1.54) is 11.8 Å². The van der Waals surface area contributed by atoms with Gasteiger partial charge in [-0.3, -0.25) is 9.59 Å². The Labute approximate surface area is 184 Å². The lowest BCUT2D eigenvalue weighted by Gasteiger charge is -2.28. The number of likely N-dealkylation sites (N-methyl/N-ethyl adjacent to an activating group) is 1. The highest BCUT2D eigenvalue weighted by molar-refractivity contribution is 7.99. The van der Waals surface area contributed by atoms with Gasteiger partial charge in [0, 0.05) is 34.4 Å². The summed E-state index contributed by atoms with van der Waals surface area (Å²) >= 11 is 19.8. The first-order chi connectivity index (χ1) is 13.3. The van der Waals surface area contributed by atoms with Crippen molar-refractivity contribution in [2.75, 3.05) is 12.8 Å². The number of nitrogens with zero attached hydrogens (tertiary/aromatic N) is 1. The number of halogens is 3. The van der Waals surface area contributed by atoms with E-state index in [4.69, 9.17) is 34.8 Å². The van der Waals surface area contributed by atoms with Gasteiger partial charge in [-0.05, 0) is 42.3 Å². The van der Waals surface area contributed by atoms with Crippen molar-refractivity contribution in [1.29, 1.82) is 0 Å². The molecule has 0 aliphatic carbocycles. The summed E-state index contributed by atoms with van der Waals surface area (Å²) in [7, 11) is 1.55. The molecule has 0 aliphatic heterocycles. The Hall–Kier alpha value is -1.40. The molecular weight excluding hydrogens is 439 g/mol. The molecule has 1 atom stereocenters. The molecule has 2 aromatic rings. The third-order valence-corrected chi connectivity index (χ3v) is 6.08. The second kappa shape index (κ2) is 11.0. The molecule has 0 bridgehead atoms. The molecule has 4 nitrogen and oxygen atoms in total. The maximum atomic E-state index is 12.9. The average Bonchev–Trinajstić information content (AvgIpc) is 2.67. The van der Waals surface area contributed by atoms with E-state index < -0.39 is 6.04 Å². The minimum atomic E-state index is -0.610. The van der Waals surface area contributed by atoms with Gasteiger partial charge in [0.1, 0.15) is 6.04 Å². The summed E-state index contributed by atoms with van der Waals surface area (Å²) < 4.78 is 0. The summed E-state index contributed by atoms with van der Waals surface area (Å²) in [4.78, 5) is 26.6. The zero-order valence-electron chi connectivity index (χ0n) is 15.5. The number of carbonyl (C=O) groups is 2. The number of amides is 2. The molecule has 0 heterocycles. The Morgan fingerprint density at radius 1 is 1.11 bits per heavy atom. The lowest BCUT2D eigenvalue weighted by Crippen LogP contribution is -2.47. The minimum absolute atomic E-state index is 0.149. The van der Waals surface area contributed by atoms with Crippen LogP contribution < -0.4 is 5.32 Å². The zero-order chi connectivity index (χ0) is 20.7. The first kappa shape index (κ1) is 22.9. The van der Waals surface area contributed by atoms with Crippen LogP contribution in [0.25, 0.3) is 0 Å². The van der Waals surface area contributed by atoms with E-state index >= 15 is 0 Å². The fraction of sp³-hybridized carbons (Fsp3) is 0.300. The summed E-state index contributed by atoms with van der Waals surface area (Å²) in [5.74, 6) is 0.325. The van der Waals surface area contributed by atoms with E-state index in [2.05, 4.69) is 5.32 Å². The standard InChI is InChI=1S/C20H21Cl3N2O2S/c1-13(20(27)24-2)25(10-14-5-3-6-15(21)9-14)19(26)12-28-11-16-17(22)7-4-8-18(16)23/h3-9,13H,10-12H2,1-2H3,(H,24,27)/t13-/m1/s1. The lowest BCUT2D eigenvalue weighted by molar-refractivity contribution is -0.138. The summed E-state index contributed by atoms with van der Waals surface area (Å²) in [6.45, 7) is 2.00. The molecule has 0 radical (unpaired) electrons. The van der Waals surface area contributed by atoms with E-state index in [9.17, 15) is 9.59 Å². The van der Waals surface area contributed by atoms with E-state index in [1.807, 2.05) is 12.1 Å². The number of hydrogen-bond acceptors (Lipinski definition) is 3. The molecule has 2 aromatic carbocycles. The van der Waals surface area contributed by atoms with Crippen molar-refractivity contribution in [3.05, 3.63) is 68.7 Å². The number of hydrogen-bond donors (Lipinski definition) is 1. The van der Waals surface area contributed by atoms with Crippen LogP contribution in [0.2, 0.25) is 15.1 Å². The van der Waals surface area contributed by atoms with Gasteiger partial charge in [0.05, 0.1) is 5.75 Å². The maximum absolute atomic E-state index is 12.9. The molecule has 0 saturated heterocycles. The molecule has 1 N–H and O–H groups in total. The van der Waals surface area contributed by atoms with Gasteiger partial charge in [-0.15, -0.1) is 11.8 Å². The predicted molar refractivity (Wildman–Crippen MR) is 118 cm³/mol. The minimum Gasteiger partial charge on any atom is -0.357 e. The molecule has 0 fully saturated rings. The second-order valence-corrected chi connectivity index (χ2v) is 8.37. The fourth-order valence-corrected chi connectivity index (χ4v) is 4.48. The summed E-state index contributed by atoms with van der Waals surface area (Å²) in [6.07, 6.45) is 0. The molecule has 0 unspecified atom stereocenters. The fourth-order valence-electron chi connectivity index (χ4n) is 2.62. The predicted octanol–water partition coefficient (Wildman–Crippen LogP) is 5.04. The van der Waals surface area contributed by atoms with E-state index in [-0.39, 0.29) is 17.6 Å². The van der Waals surface area contributed by atoms with Crippen molar-refractivity contribution >= 4 is 58.4 Å². The highest BCUT2D eigenvalue weighted by Crippen LogP contribution is 2.28. The largest absolute Gasteiger partial charge is 0.357 e. The van der Waals surface area contributed by atoms with Crippen LogP contribution in [-0.4, -0.2) is 35.6 Å². The van der Waals surface area contributed by atoms with Gasteiger partial charge < -0.3 is 10.2 Å². The summed E-state index contributed by atoms with van der Waals surface area (Å²) in [5.41, 5.74) is 1.65. The highest BCUT2D eigenvalue weighted by atomic mass is 35.5. The smallest absolute Gasteiger partial charge is 0.242 e. The SMILES string of the molecule is CNC(=O)[C@@H](C)N(Cc1cccc(Cl)c1)C(=O)CSCc1c(Cl)cccc1Cl. The monoisotopic (exact) mass is 458 g/mol. The quantitative estimate of drug-likeness (QED) is 0.601. The zero-order valence-corrected chi connectivity index (χ0v) is 18.6. The summed E-state index contributed by atoms with van der Waals surface area (Å²) in [6, 6.07) is 12.0. The molecule has 0 aliphatic rings. The lowest BCUT2D eigenvalue weighted by atomic mass is 10.1. The van der Waals surface area contributed by atoms with Crippen molar-refractivity contribution in [3.8, 4) is 0 Å². The molecule has 2 rings (SSSR count). The van der Waals surface area contributed by atoms with Gasteiger partial charge in [-0.2, -0.15) is 0 Å². The van der Waals surface area contributed by atoms with Crippen LogP contribution in [0.1, 0.15) is 18.1 Å². The van der Waals surface area contributed by atoms with Crippen molar-refractivity contribution in [1.82, 2.24) is 10.2 Å². The third kappa shape index (κ3) is 6.31. The van der Waals surface area contributed by atoms with Crippen LogP contribution in [0.3, 0.4) is 0 Å². The number of thioether (sulfide) groups is 1. The number of rotatable bonds is 8. The van der Waals surface area contributed by atoms with Gasteiger partial charge in [-0.25, -0.2) is 0 Å². The van der Waals surface area contributed by atoms with E-state index in [0.717, 1.165) is 11.1 Å². The van der Waals surface area contributed by atoms with Crippen molar-refractivity contribution in [2.45, 2.75) is 25.3 Å². The number of carbonyl (C=O) groups excluding carboxylic acids is 2.